The van der Waals surface area contributed by atoms with Crippen LogP contribution >= 0.6 is 24.0 Å². The molecule has 0 saturated heterocycles. The average Bonchev–Trinajstić information content (AvgIpc) is 2.93. The molecule has 0 radical (unpaired) electrons. The molecule has 2 aliphatic carbocycles. The average molecular weight is 447 g/mol. The van der Waals surface area contributed by atoms with E-state index in [0.29, 0.717) is 18.6 Å². The molecule has 2 aliphatic rings. The molecular weight excluding hydrogens is 417 g/mol. The predicted molar refractivity (Wildman–Crippen MR) is 107 cm³/mol. The number of hydrogen-bond donors (Lipinski definition) is 3. The number of nitrogens with zero attached hydrogens (tertiary/aromatic N) is 3. The van der Waals surface area contributed by atoms with Crippen LogP contribution in [-0.2, 0) is 12.8 Å². The highest BCUT2D eigenvalue weighted by Crippen LogP contribution is 2.30. The van der Waals surface area contributed by atoms with Crippen molar-refractivity contribution in [3.63, 3.8) is 0 Å². The molecule has 0 amide bonds. The van der Waals surface area contributed by atoms with Gasteiger partial charge in [-0.25, -0.2) is 0 Å². The molecule has 3 rings (SSSR count). The zero-order valence-electron chi connectivity index (χ0n) is 14.9. The van der Waals surface area contributed by atoms with Crippen molar-refractivity contribution < 1.29 is 5.11 Å². The minimum absolute atomic E-state index is 0. The molecule has 7 heteroatoms. The minimum Gasteiger partial charge on any atom is -0.388 e. The van der Waals surface area contributed by atoms with Gasteiger partial charge in [0.1, 0.15) is 0 Å². The van der Waals surface area contributed by atoms with Crippen LogP contribution < -0.4 is 10.6 Å². The fraction of sp³-hybridized carbons (Fsp3) is 0.765. The summed E-state index contributed by atoms with van der Waals surface area (Å²) >= 11 is 0. The molecule has 1 heterocycles. The number of guanidine groups is 1. The largest absolute Gasteiger partial charge is 0.388 e. The van der Waals surface area contributed by atoms with E-state index in [1.807, 2.05) is 0 Å². The van der Waals surface area contributed by atoms with Gasteiger partial charge in [0, 0.05) is 38.3 Å². The summed E-state index contributed by atoms with van der Waals surface area (Å²) in [6, 6.07) is 0.755. The fourth-order valence-electron chi connectivity index (χ4n) is 3.30. The Labute approximate surface area is 161 Å². The van der Waals surface area contributed by atoms with Gasteiger partial charge in [-0.2, -0.15) is 5.10 Å². The molecule has 0 aromatic carbocycles. The van der Waals surface area contributed by atoms with Crippen LogP contribution in [0, 0.1) is 0 Å². The second-order valence-electron chi connectivity index (χ2n) is 7.26. The highest BCUT2D eigenvalue weighted by atomic mass is 127. The monoisotopic (exact) mass is 447 g/mol. The lowest BCUT2D eigenvalue weighted by Crippen LogP contribution is -2.52. The van der Waals surface area contributed by atoms with Crippen molar-refractivity contribution in [1.82, 2.24) is 20.4 Å². The Hall–Kier alpha value is -0.830. The Balaban J connectivity index is 0.00000208. The standard InChI is InChI=1S/C17H29N5O.HI/c1-12(2)22-10-13-5-6-14(9-15(13)21-22)20-16(18-3)19-11-17(23)7-4-8-17;/h10,12,14,23H,4-9,11H2,1-3H3,(H2,18,19,20);1H. The van der Waals surface area contributed by atoms with Gasteiger partial charge < -0.3 is 15.7 Å². The van der Waals surface area contributed by atoms with Crippen LogP contribution in [0.15, 0.2) is 11.2 Å². The number of aryl methyl sites for hydroxylation is 1. The minimum atomic E-state index is -0.534. The summed E-state index contributed by atoms with van der Waals surface area (Å²) in [7, 11) is 1.78. The first kappa shape index (κ1) is 19.5. The maximum atomic E-state index is 10.2. The van der Waals surface area contributed by atoms with E-state index in [-0.39, 0.29) is 24.0 Å². The van der Waals surface area contributed by atoms with Gasteiger partial charge in [-0.05, 0) is 51.5 Å². The van der Waals surface area contributed by atoms with Gasteiger partial charge in [0.15, 0.2) is 5.96 Å². The number of aliphatic hydroxyl groups is 1. The van der Waals surface area contributed by atoms with Gasteiger partial charge >= 0.3 is 0 Å². The van der Waals surface area contributed by atoms with Crippen molar-refractivity contribution in [2.45, 2.75) is 70.1 Å². The molecule has 6 nitrogen and oxygen atoms in total. The van der Waals surface area contributed by atoms with Gasteiger partial charge in [0.05, 0.1) is 11.3 Å². The molecule has 136 valence electrons. The summed E-state index contributed by atoms with van der Waals surface area (Å²) in [5.74, 6) is 0.780. The summed E-state index contributed by atoms with van der Waals surface area (Å²) in [5.41, 5.74) is 2.05. The van der Waals surface area contributed by atoms with Gasteiger partial charge in [-0.15, -0.1) is 24.0 Å². The van der Waals surface area contributed by atoms with Crippen LogP contribution in [0.5, 0.6) is 0 Å². The smallest absolute Gasteiger partial charge is 0.191 e. The van der Waals surface area contributed by atoms with Gasteiger partial charge in [-0.3, -0.25) is 9.67 Å². The van der Waals surface area contributed by atoms with E-state index in [2.05, 4.69) is 40.4 Å². The molecule has 1 saturated carbocycles. The van der Waals surface area contributed by atoms with E-state index in [9.17, 15) is 5.11 Å². The van der Waals surface area contributed by atoms with E-state index < -0.39 is 5.60 Å². The first-order chi connectivity index (χ1) is 11.0. The Kier molecular flexibility index (Phi) is 6.52. The molecule has 0 spiro atoms. The number of hydrogen-bond acceptors (Lipinski definition) is 3. The Bertz CT molecular complexity index is 580. The lowest BCUT2D eigenvalue weighted by Gasteiger charge is -2.37. The van der Waals surface area contributed by atoms with Crippen LogP contribution in [0.1, 0.15) is 56.8 Å². The van der Waals surface area contributed by atoms with Crippen molar-refractivity contribution >= 4 is 29.9 Å². The number of rotatable bonds is 4. The van der Waals surface area contributed by atoms with E-state index in [1.165, 1.54) is 11.3 Å². The summed E-state index contributed by atoms with van der Waals surface area (Å²) < 4.78 is 2.06. The van der Waals surface area contributed by atoms with Crippen LogP contribution in [0.4, 0.5) is 0 Å². The lowest BCUT2D eigenvalue weighted by atomic mass is 9.80. The predicted octanol–water partition coefficient (Wildman–Crippen LogP) is 2.02. The second kappa shape index (κ2) is 8.03. The number of aromatic nitrogens is 2. The molecule has 0 bridgehead atoms. The second-order valence-corrected chi connectivity index (χ2v) is 7.26. The van der Waals surface area contributed by atoms with Crippen LogP contribution in [0.25, 0.3) is 0 Å². The number of halogens is 1. The molecule has 1 atom stereocenters. The molecule has 1 fully saturated rings. The maximum absolute atomic E-state index is 10.2. The van der Waals surface area contributed by atoms with Crippen molar-refractivity contribution in [2.75, 3.05) is 13.6 Å². The molecule has 1 aromatic rings. The highest BCUT2D eigenvalue weighted by molar-refractivity contribution is 14.0. The van der Waals surface area contributed by atoms with Gasteiger partial charge in [0.25, 0.3) is 0 Å². The van der Waals surface area contributed by atoms with Crippen LogP contribution in [0.2, 0.25) is 0 Å². The fourth-order valence-corrected chi connectivity index (χ4v) is 3.30. The topological polar surface area (TPSA) is 74.5 Å². The first-order valence-electron chi connectivity index (χ1n) is 8.75. The van der Waals surface area contributed by atoms with E-state index in [1.54, 1.807) is 7.05 Å². The molecule has 3 N–H and O–H groups in total. The van der Waals surface area contributed by atoms with Gasteiger partial charge in [0.2, 0.25) is 0 Å². The summed E-state index contributed by atoms with van der Waals surface area (Å²) in [6.45, 7) is 4.89. The maximum Gasteiger partial charge on any atom is 0.191 e. The number of nitrogens with one attached hydrogen (secondary N) is 2. The van der Waals surface area contributed by atoms with E-state index in [4.69, 9.17) is 5.10 Å². The summed E-state index contributed by atoms with van der Waals surface area (Å²) in [6.07, 6.45) is 8.15. The number of aliphatic imine (C=N–C) groups is 1. The lowest BCUT2D eigenvalue weighted by molar-refractivity contribution is -0.0279. The summed E-state index contributed by atoms with van der Waals surface area (Å²) in [4.78, 5) is 4.29. The number of fused-ring (bicyclic) bond motifs is 1. The normalized spacial score (nSPS) is 22.4. The van der Waals surface area contributed by atoms with Crippen molar-refractivity contribution in [1.29, 1.82) is 0 Å². The van der Waals surface area contributed by atoms with Crippen LogP contribution in [-0.4, -0.2) is 46.1 Å². The van der Waals surface area contributed by atoms with Crippen molar-refractivity contribution in [3.05, 3.63) is 17.5 Å². The quantitative estimate of drug-likeness (QED) is 0.375. The zero-order chi connectivity index (χ0) is 16.4. The first-order valence-corrected chi connectivity index (χ1v) is 8.75. The van der Waals surface area contributed by atoms with E-state index >= 15 is 0 Å². The van der Waals surface area contributed by atoms with Crippen molar-refractivity contribution in [2.24, 2.45) is 4.99 Å². The van der Waals surface area contributed by atoms with Crippen LogP contribution in [0.3, 0.4) is 0 Å². The Morgan fingerprint density at radius 1 is 1.50 bits per heavy atom. The Morgan fingerprint density at radius 3 is 2.83 bits per heavy atom. The molecule has 24 heavy (non-hydrogen) atoms. The Morgan fingerprint density at radius 2 is 2.25 bits per heavy atom. The third-order valence-electron chi connectivity index (χ3n) is 5.06. The SMILES string of the molecule is CN=C(NCC1(O)CCC1)NC1CCc2cn(C(C)C)nc2C1.I. The van der Waals surface area contributed by atoms with Gasteiger partial charge in [-0.1, -0.05) is 0 Å². The summed E-state index contributed by atoms with van der Waals surface area (Å²) in [5, 5.41) is 21.7. The third-order valence-corrected chi connectivity index (χ3v) is 5.06. The zero-order valence-corrected chi connectivity index (χ0v) is 17.2. The van der Waals surface area contributed by atoms with E-state index in [0.717, 1.165) is 44.5 Å². The molecule has 1 aromatic heterocycles. The molecule has 1 unspecified atom stereocenters. The molecular formula is C17H30IN5O. The third kappa shape index (κ3) is 4.41. The van der Waals surface area contributed by atoms with Crippen molar-refractivity contribution in [3.8, 4) is 0 Å². The highest BCUT2D eigenvalue weighted by Gasteiger charge is 2.34. The molecule has 0 aliphatic heterocycles.